The summed E-state index contributed by atoms with van der Waals surface area (Å²) in [7, 11) is -1.81. The molecule has 0 aliphatic rings. The molecule has 0 heterocycles. The van der Waals surface area contributed by atoms with Gasteiger partial charge in [-0.15, -0.1) is 0 Å². The Hall–Kier alpha value is -0.933. The van der Waals surface area contributed by atoms with Gasteiger partial charge in [0.25, 0.3) is 0 Å². The smallest absolute Gasteiger partial charge is 0.192 e. The van der Waals surface area contributed by atoms with Crippen LogP contribution in [0.25, 0.3) is 0 Å². The van der Waals surface area contributed by atoms with Crippen molar-refractivity contribution in [1.82, 2.24) is 0 Å². The fraction of sp³-hybridized carbons (Fsp3) is 0.533. The first-order chi connectivity index (χ1) is 8.22. The zero-order valence-corrected chi connectivity index (χ0v) is 13.1. The van der Waals surface area contributed by atoms with Crippen molar-refractivity contribution in [2.75, 3.05) is 6.61 Å². The number of carbonyl (C=O) groups excluding carboxylic acids is 1. The van der Waals surface area contributed by atoms with E-state index in [1.54, 1.807) is 0 Å². The molecule has 3 heteroatoms. The highest BCUT2D eigenvalue weighted by atomic mass is 28.4. The first kappa shape index (κ1) is 15.1. The fourth-order valence-electron chi connectivity index (χ4n) is 1.35. The minimum atomic E-state index is -1.81. The number of benzene rings is 1. The SMILES string of the molecule is CC(C)(C)[Si](C)(C)OCC(=O)Cc1ccccc1. The molecule has 0 amide bonds. The Labute approximate surface area is 111 Å². The number of hydrogen-bond acceptors (Lipinski definition) is 2. The maximum atomic E-state index is 11.9. The second-order valence-electron chi connectivity index (χ2n) is 6.25. The Morgan fingerprint density at radius 3 is 2.22 bits per heavy atom. The molecule has 2 nitrogen and oxygen atoms in total. The van der Waals surface area contributed by atoms with Crippen LogP contribution in [0.1, 0.15) is 26.3 Å². The first-order valence-corrected chi connectivity index (χ1v) is 9.33. The summed E-state index contributed by atoms with van der Waals surface area (Å²) in [5.41, 5.74) is 1.06. The zero-order chi connectivity index (χ0) is 13.8. The molecule has 0 radical (unpaired) electrons. The predicted octanol–water partition coefficient (Wildman–Crippen LogP) is 3.82. The Bertz CT molecular complexity index is 391. The van der Waals surface area contributed by atoms with Crippen molar-refractivity contribution in [3.63, 3.8) is 0 Å². The highest BCUT2D eigenvalue weighted by molar-refractivity contribution is 6.74. The molecule has 0 aromatic heterocycles. The van der Waals surface area contributed by atoms with Crippen LogP contribution >= 0.6 is 0 Å². The summed E-state index contributed by atoms with van der Waals surface area (Å²) in [5.74, 6) is 0.158. The number of Topliss-reactive ketones (excluding diaryl/α,β-unsaturated/α-hetero) is 1. The summed E-state index contributed by atoms with van der Waals surface area (Å²) >= 11 is 0. The number of rotatable bonds is 5. The van der Waals surface area contributed by atoms with Crippen LogP contribution in [0, 0.1) is 0 Å². The lowest BCUT2D eigenvalue weighted by Gasteiger charge is -2.35. The quantitative estimate of drug-likeness (QED) is 0.756. The van der Waals surface area contributed by atoms with Gasteiger partial charge in [0.15, 0.2) is 14.1 Å². The monoisotopic (exact) mass is 264 g/mol. The fourth-order valence-corrected chi connectivity index (χ4v) is 2.31. The van der Waals surface area contributed by atoms with Crippen LogP contribution in [0.2, 0.25) is 18.1 Å². The molecular formula is C15H24O2Si. The summed E-state index contributed by atoms with van der Waals surface area (Å²) in [6.45, 7) is 11.1. The Morgan fingerprint density at radius 1 is 1.17 bits per heavy atom. The van der Waals surface area contributed by atoms with Crippen LogP contribution in [0.3, 0.4) is 0 Å². The summed E-state index contributed by atoms with van der Waals surface area (Å²) < 4.78 is 5.92. The molecule has 0 saturated heterocycles. The Morgan fingerprint density at radius 2 is 1.72 bits per heavy atom. The van der Waals surface area contributed by atoms with Crippen LogP contribution in [-0.2, 0) is 15.6 Å². The lowest BCUT2D eigenvalue weighted by Crippen LogP contribution is -2.42. The van der Waals surface area contributed by atoms with Crippen molar-refractivity contribution in [2.24, 2.45) is 0 Å². The number of hydrogen-bond donors (Lipinski definition) is 0. The summed E-state index contributed by atoms with van der Waals surface area (Å²) in [4.78, 5) is 11.9. The number of carbonyl (C=O) groups is 1. The molecule has 1 aromatic rings. The van der Waals surface area contributed by atoms with Crippen molar-refractivity contribution in [3.05, 3.63) is 35.9 Å². The van der Waals surface area contributed by atoms with Gasteiger partial charge in [0.1, 0.15) is 0 Å². The van der Waals surface area contributed by atoms with Gasteiger partial charge in [0, 0.05) is 6.42 Å². The molecule has 0 unspecified atom stereocenters. The van der Waals surface area contributed by atoms with Gasteiger partial charge in [-0.1, -0.05) is 51.1 Å². The van der Waals surface area contributed by atoms with E-state index in [-0.39, 0.29) is 17.4 Å². The van der Waals surface area contributed by atoms with Gasteiger partial charge in [-0.3, -0.25) is 4.79 Å². The molecule has 0 N–H and O–H groups in total. The molecule has 0 aliphatic carbocycles. The molecule has 0 bridgehead atoms. The van der Waals surface area contributed by atoms with Gasteiger partial charge < -0.3 is 4.43 Å². The molecule has 0 saturated carbocycles. The summed E-state index contributed by atoms with van der Waals surface area (Å²) in [6, 6.07) is 9.82. The molecule has 0 aliphatic heterocycles. The van der Waals surface area contributed by atoms with Crippen molar-refractivity contribution in [2.45, 2.75) is 45.3 Å². The standard InChI is InChI=1S/C15H24O2Si/c1-15(2,3)18(4,5)17-12-14(16)11-13-9-7-6-8-10-13/h6-10H,11-12H2,1-5H3. The van der Waals surface area contributed by atoms with Gasteiger partial charge in [0.2, 0.25) is 0 Å². The second kappa shape index (κ2) is 5.80. The van der Waals surface area contributed by atoms with E-state index in [2.05, 4.69) is 33.9 Å². The molecule has 0 fully saturated rings. The summed E-state index contributed by atoms with van der Waals surface area (Å²) in [6.07, 6.45) is 0.468. The largest absolute Gasteiger partial charge is 0.410 e. The lowest BCUT2D eigenvalue weighted by molar-refractivity contribution is -0.120. The van der Waals surface area contributed by atoms with E-state index in [9.17, 15) is 4.79 Å². The average Bonchev–Trinajstić information content (AvgIpc) is 2.26. The maximum Gasteiger partial charge on any atom is 0.192 e. The first-order valence-electron chi connectivity index (χ1n) is 6.42. The third-order valence-corrected chi connectivity index (χ3v) is 8.12. The molecule has 100 valence electrons. The normalized spacial score (nSPS) is 12.5. The zero-order valence-electron chi connectivity index (χ0n) is 12.1. The van der Waals surface area contributed by atoms with Crippen molar-refractivity contribution >= 4 is 14.1 Å². The molecule has 1 aromatic carbocycles. The highest BCUT2D eigenvalue weighted by Gasteiger charge is 2.37. The van der Waals surface area contributed by atoms with E-state index in [0.29, 0.717) is 6.42 Å². The maximum absolute atomic E-state index is 11.9. The van der Waals surface area contributed by atoms with Gasteiger partial charge >= 0.3 is 0 Å². The third kappa shape index (κ3) is 4.39. The summed E-state index contributed by atoms with van der Waals surface area (Å²) in [5, 5.41) is 0.153. The van der Waals surface area contributed by atoms with E-state index in [0.717, 1.165) is 5.56 Å². The van der Waals surface area contributed by atoms with Gasteiger partial charge in [-0.25, -0.2) is 0 Å². The molecule has 0 atom stereocenters. The minimum absolute atomic E-state index is 0.153. The Balaban J connectivity index is 2.48. The van der Waals surface area contributed by atoms with Gasteiger partial charge in [-0.2, -0.15) is 0 Å². The molecule has 0 spiro atoms. The van der Waals surface area contributed by atoms with Gasteiger partial charge in [-0.05, 0) is 23.7 Å². The van der Waals surface area contributed by atoms with Crippen LogP contribution < -0.4 is 0 Å². The van der Waals surface area contributed by atoms with E-state index in [4.69, 9.17) is 4.43 Å². The van der Waals surface area contributed by atoms with Crippen LogP contribution in [0.15, 0.2) is 30.3 Å². The average molecular weight is 264 g/mol. The van der Waals surface area contributed by atoms with E-state index >= 15 is 0 Å². The van der Waals surface area contributed by atoms with Crippen molar-refractivity contribution in [3.8, 4) is 0 Å². The van der Waals surface area contributed by atoms with Crippen LogP contribution in [0.5, 0.6) is 0 Å². The van der Waals surface area contributed by atoms with E-state index in [1.165, 1.54) is 0 Å². The molecule has 18 heavy (non-hydrogen) atoms. The van der Waals surface area contributed by atoms with Crippen molar-refractivity contribution in [1.29, 1.82) is 0 Å². The minimum Gasteiger partial charge on any atom is -0.410 e. The van der Waals surface area contributed by atoms with Crippen LogP contribution in [-0.4, -0.2) is 20.7 Å². The predicted molar refractivity (Wildman–Crippen MR) is 78.3 cm³/mol. The van der Waals surface area contributed by atoms with Crippen LogP contribution in [0.4, 0.5) is 0 Å². The lowest BCUT2D eigenvalue weighted by atomic mass is 10.1. The third-order valence-electron chi connectivity index (χ3n) is 3.64. The molecule has 1 rings (SSSR count). The number of ketones is 1. The topological polar surface area (TPSA) is 26.3 Å². The van der Waals surface area contributed by atoms with Gasteiger partial charge in [0.05, 0.1) is 6.61 Å². The van der Waals surface area contributed by atoms with Crippen molar-refractivity contribution < 1.29 is 9.22 Å². The second-order valence-corrected chi connectivity index (χ2v) is 11.1. The Kier molecular flexibility index (Phi) is 4.88. The van der Waals surface area contributed by atoms with E-state index in [1.807, 2.05) is 30.3 Å². The highest BCUT2D eigenvalue weighted by Crippen LogP contribution is 2.36. The van der Waals surface area contributed by atoms with E-state index < -0.39 is 8.32 Å². The molecular weight excluding hydrogens is 240 g/mol.